The number of amides is 1. The number of alkyl halides is 1. The van der Waals surface area contributed by atoms with Gasteiger partial charge in [0.2, 0.25) is 0 Å². The minimum absolute atomic E-state index is 0.230. The molecule has 1 atom stereocenters. The first-order valence-electron chi connectivity index (χ1n) is 11.9. The van der Waals surface area contributed by atoms with Crippen LogP contribution in [0.5, 0.6) is 0 Å². The third-order valence-corrected chi connectivity index (χ3v) is 8.23. The van der Waals surface area contributed by atoms with Gasteiger partial charge >= 0.3 is 0 Å². The summed E-state index contributed by atoms with van der Waals surface area (Å²) in [7, 11) is 0. The standard InChI is InChI=1S/C28H27ClIN3O2/c29-22-12-13-24-23(18-22)27(34)28(35)33(24)15-7-14-31-16-17-32(19-25(31)30)26(20-8-3-1-4-9-20)21-10-5-2-6-11-21/h1-6,8-13,18,25-26H,7,14-17,19H2. The number of nitrogens with zero attached hydrogens (tertiary/aromatic N) is 3. The van der Waals surface area contributed by atoms with E-state index in [2.05, 4.69) is 93.1 Å². The predicted molar refractivity (Wildman–Crippen MR) is 148 cm³/mol. The van der Waals surface area contributed by atoms with Crippen LogP contribution in [0.25, 0.3) is 0 Å². The fraction of sp³-hybridized carbons (Fsp3) is 0.286. The van der Waals surface area contributed by atoms with E-state index in [1.54, 1.807) is 23.1 Å². The summed E-state index contributed by atoms with van der Waals surface area (Å²) in [6, 6.07) is 26.8. The summed E-state index contributed by atoms with van der Waals surface area (Å²) in [6.07, 6.45) is 0.807. The zero-order chi connectivity index (χ0) is 24.4. The number of anilines is 1. The average Bonchev–Trinajstić information content (AvgIpc) is 3.11. The highest BCUT2D eigenvalue weighted by molar-refractivity contribution is 14.1. The number of carbonyl (C=O) groups is 2. The highest BCUT2D eigenvalue weighted by atomic mass is 127. The molecule has 2 heterocycles. The Kier molecular flexibility index (Phi) is 7.53. The van der Waals surface area contributed by atoms with Crippen LogP contribution in [0, 0.1) is 0 Å². The molecule has 0 radical (unpaired) electrons. The molecule has 5 nitrogen and oxygen atoms in total. The highest BCUT2D eigenvalue weighted by Crippen LogP contribution is 2.33. The molecular formula is C28H27ClIN3O2. The van der Waals surface area contributed by atoms with Gasteiger partial charge in [0.1, 0.15) is 0 Å². The molecule has 0 aromatic heterocycles. The fourth-order valence-corrected chi connectivity index (χ4v) is 6.33. The van der Waals surface area contributed by atoms with Gasteiger partial charge in [-0.25, -0.2) is 0 Å². The summed E-state index contributed by atoms with van der Waals surface area (Å²) >= 11 is 8.56. The summed E-state index contributed by atoms with van der Waals surface area (Å²) in [4.78, 5) is 31.5. The van der Waals surface area contributed by atoms with Gasteiger partial charge in [0.25, 0.3) is 11.7 Å². The second-order valence-corrected chi connectivity index (χ2v) is 10.9. The van der Waals surface area contributed by atoms with Crippen LogP contribution in [0.2, 0.25) is 5.02 Å². The molecule has 3 aromatic rings. The number of carbonyl (C=O) groups excluding carboxylic acids is 2. The van der Waals surface area contributed by atoms with Crippen LogP contribution in [-0.4, -0.2) is 58.3 Å². The number of rotatable bonds is 7. The number of benzene rings is 3. The molecule has 180 valence electrons. The zero-order valence-corrected chi connectivity index (χ0v) is 22.2. The second kappa shape index (κ2) is 10.8. The summed E-state index contributed by atoms with van der Waals surface area (Å²) in [6.45, 7) is 4.29. The lowest BCUT2D eigenvalue weighted by Gasteiger charge is -2.43. The number of Topliss-reactive ketones (excluding diaryl/α,β-unsaturated/α-hetero) is 1. The second-order valence-electron chi connectivity index (χ2n) is 8.99. The highest BCUT2D eigenvalue weighted by Gasteiger charge is 2.36. The van der Waals surface area contributed by atoms with E-state index in [0.29, 0.717) is 26.9 Å². The van der Waals surface area contributed by atoms with Gasteiger partial charge in [-0.15, -0.1) is 0 Å². The van der Waals surface area contributed by atoms with Crippen molar-refractivity contribution in [2.24, 2.45) is 0 Å². The largest absolute Gasteiger partial charge is 0.305 e. The molecule has 1 fully saturated rings. The Balaban J connectivity index is 1.22. The van der Waals surface area contributed by atoms with Crippen molar-refractivity contribution in [1.29, 1.82) is 0 Å². The van der Waals surface area contributed by atoms with Gasteiger partial charge in [0.05, 0.1) is 21.3 Å². The van der Waals surface area contributed by atoms with Crippen LogP contribution in [0.4, 0.5) is 5.69 Å². The van der Waals surface area contributed by atoms with Crippen molar-refractivity contribution >= 4 is 51.6 Å². The molecule has 0 spiro atoms. The number of fused-ring (bicyclic) bond motifs is 1. The molecule has 5 rings (SSSR count). The molecule has 0 N–H and O–H groups in total. The Hall–Kier alpha value is -2.26. The minimum Gasteiger partial charge on any atom is -0.305 e. The van der Waals surface area contributed by atoms with E-state index < -0.39 is 11.7 Å². The van der Waals surface area contributed by atoms with Crippen molar-refractivity contribution in [3.63, 3.8) is 0 Å². The molecule has 2 aliphatic rings. The molecule has 7 heteroatoms. The van der Waals surface area contributed by atoms with Crippen LogP contribution in [0.1, 0.15) is 33.9 Å². The molecule has 1 saturated heterocycles. The Morgan fingerprint density at radius 1 is 0.886 bits per heavy atom. The molecule has 1 amide bonds. The van der Waals surface area contributed by atoms with E-state index in [-0.39, 0.29) is 6.04 Å². The lowest BCUT2D eigenvalue weighted by Crippen LogP contribution is -2.52. The Bertz CT molecular complexity index is 1170. The first-order chi connectivity index (χ1) is 17.0. The molecule has 1 unspecified atom stereocenters. The molecule has 0 saturated carbocycles. The molecular weight excluding hydrogens is 573 g/mol. The van der Waals surface area contributed by atoms with Crippen molar-refractivity contribution in [1.82, 2.24) is 9.80 Å². The number of halogens is 2. The van der Waals surface area contributed by atoms with Gasteiger partial charge < -0.3 is 4.90 Å². The first-order valence-corrected chi connectivity index (χ1v) is 13.5. The Morgan fingerprint density at radius 2 is 1.54 bits per heavy atom. The number of hydrogen-bond donors (Lipinski definition) is 0. The summed E-state index contributed by atoms with van der Waals surface area (Å²) in [5.74, 6) is -0.914. The first kappa shape index (κ1) is 24.4. The van der Waals surface area contributed by atoms with E-state index in [4.69, 9.17) is 11.6 Å². The lowest BCUT2D eigenvalue weighted by molar-refractivity contribution is -0.114. The van der Waals surface area contributed by atoms with Gasteiger partial charge in [0, 0.05) is 37.7 Å². The zero-order valence-electron chi connectivity index (χ0n) is 19.3. The van der Waals surface area contributed by atoms with Crippen molar-refractivity contribution in [2.45, 2.75) is 16.5 Å². The van der Waals surface area contributed by atoms with E-state index in [1.165, 1.54) is 11.1 Å². The van der Waals surface area contributed by atoms with E-state index in [9.17, 15) is 9.59 Å². The lowest BCUT2D eigenvalue weighted by atomic mass is 9.96. The molecule has 3 aromatic carbocycles. The van der Waals surface area contributed by atoms with Crippen molar-refractivity contribution in [3.8, 4) is 0 Å². The van der Waals surface area contributed by atoms with E-state index in [0.717, 1.165) is 32.6 Å². The average molecular weight is 600 g/mol. The topological polar surface area (TPSA) is 43.9 Å². The van der Waals surface area contributed by atoms with Gasteiger partial charge in [-0.1, -0.05) is 94.9 Å². The van der Waals surface area contributed by atoms with Crippen molar-refractivity contribution < 1.29 is 9.59 Å². The van der Waals surface area contributed by atoms with Crippen molar-refractivity contribution in [3.05, 3.63) is 101 Å². The van der Waals surface area contributed by atoms with Gasteiger partial charge in [-0.3, -0.25) is 19.4 Å². The van der Waals surface area contributed by atoms with Crippen LogP contribution >= 0.6 is 34.2 Å². The van der Waals surface area contributed by atoms with Crippen LogP contribution in [-0.2, 0) is 4.79 Å². The smallest absolute Gasteiger partial charge is 0.299 e. The normalized spacial score (nSPS) is 18.9. The van der Waals surface area contributed by atoms with E-state index in [1.807, 2.05) is 0 Å². The summed E-state index contributed by atoms with van der Waals surface area (Å²) in [5, 5.41) is 0.474. The summed E-state index contributed by atoms with van der Waals surface area (Å²) < 4.78 is 0.360. The third-order valence-electron chi connectivity index (χ3n) is 6.81. The van der Waals surface area contributed by atoms with Crippen LogP contribution in [0.15, 0.2) is 78.9 Å². The Labute approximate surface area is 224 Å². The number of piperazine rings is 1. The van der Waals surface area contributed by atoms with E-state index >= 15 is 0 Å². The van der Waals surface area contributed by atoms with Gasteiger partial charge in [-0.05, 0) is 35.7 Å². The van der Waals surface area contributed by atoms with Crippen molar-refractivity contribution in [2.75, 3.05) is 37.6 Å². The maximum absolute atomic E-state index is 12.5. The van der Waals surface area contributed by atoms with Gasteiger partial charge in [0.15, 0.2) is 0 Å². The third kappa shape index (κ3) is 5.16. The fourth-order valence-electron chi connectivity index (χ4n) is 5.09. The molecule has 35 heavy (non-hydrogen) atoms. The quantitative estimate of drug-likeness (QED) is 0.157. The monoisotopic (exact) mass is 599 g/mol. The number of ketones is 1. The van der Waals surface area contributed by atoms with Crippen LogP contribution in [0.3, 0.4) is 0 Å². The molecule has 2 aliphatic heterocycles. The van der Waals surface area contributed by atoms with Gasteiger partial charge in [-0.2, -0.15) is 0 Å². The molecule has 0 aliphatic carbocycles. The summed E-state index contributed by atoms with van der Waals surface area (Å²) in [5.41, 5.74) is 3.71. The number of hydrogen-bond acceptors (Lipinski definition) is 4. The minimum atomic E-state index is -0.462. The predicted octanol–water partition coefficient (Wildman–Crippen LogP) is 5.43. The van der Waals surface area contributed by atoms with Crippen LogP contribution < -0.4 is 4.90 Å². The maximum Gasteiger partial charge on any atom is 0.299 e. The SMILES string of the molecule is O=C1C(=O)N(CCCN2CCN(C(c3ccccc3)c3ccccc3)CC2I)c2ccc(Cl)cc21. The Morgan fingerprint density at radius 3 is 2.17 bits per heavy atom. The molecule has 0 bridgehead atoms. The maximum atomic E-state index is 12.5.